The van der Waals surface area contributed by atoms with Crippen molar-refractivity contribution in [1.82, 2.24) is 5.32 Å². The molecule has 110 valence electrons. The Morgan fingerprint density at radius 3 is 2.57 bits per heavy atom. The molecule has 21 heavy (non-hydrogen) atoms. The van der Waals surface area contributed by atoms with E-state index in [1.807, 2.05) is 37.3 Å². The van der Waals surface area contributed by atoms with Crippen LogP contribution in [0.1, 0.15) is 33.9 Å². The Hall–Kier alpha value is -1.84. The van der Waals surface area contributed by atoms with Gasteiger partial charge in [-0.2, -0.15) is 0 Å². The summed E-state index contributed by atoms with van der Waals surface area (Å²) in [7, 11) is 0. The third-order valence-corrected chi connectivity index (χ3v) is 3.59. The molecule has 0 radical (unpaired) electrons. The fourth-order valence-corrected chi connectivity index (χ4v) is 2.48. The van der Waals surface area contributed by atoms with E-state index in [2.05, 4.69) is 5.32 Å². The zero-order valence-electron chi connectivity index (χ0n) is 11.8. The molecule has 4 heteroatoms. The molecule has 0 aliphatic carbocycles. The van der Waals surface area contributed by atoms with Crippen molar-refractivity contribution in [2.75, 3.05) is 6.61 Å². The second-order valence-electron chi connectivity index (χ2n) is 4.91. The van der Waals surface area contributed by atoms with E-state index in [0.717, 1.165) is 11.1 Å². The Morgan fingerprint density at radius 1 is 1.24 bits per heavy atom. The van der Waals surface area contributed by atoms with Gasteiger partial charge in [-0.05, 0) is 42.7 Å². The van der Waals surface area contributed by atoms with Gasteiger partial charge in [-0.1, -0.05) is 41.9 Å². The van der Waals surface area contributed by atoms with Crippen molar-refractivity contribution >= 4 is 17.5 Å². The predicted molar refractivity (Wildman–Crippen MR) is 84.5 cm³/mol. The molecule has 0 heterocycles. The number of aryl methyl sites for hydroxylation is 1. The van der Waals surface area contributed by atoms with Crippen molar-refractivity contribution in [3.63, 3.8) is 0 Å². The van der Waals surface area contributed by atoms with Gasteiger partial charge in [0.1, 0.15) is 0 Å². The Balaban J connectivity index is 2.18. The van der Waals surface area contributed by atoms with Crippen LogP contribution in [0.3, 0.4) is 0 Å². The topological polar surface area (TPSA) is 49.3 Å². The van der Waals surface area contributed by atoms with Crippen molar-refractivity contribution in [1.29, 1.82) is 0 Å². The van der Waals surface area contributed by atoms with Gasteiger partial charge >= 0.3 is 0 Å². The van der Waals surface area contributed by atoms with E-state index in [9.17, 15) is 9.90 Å². The van der Waals surface area contributed by atoms with Crippen LogP contribution in [0.25, 0.3) is 0 Å². The van der Waals surface area contributed by atoms with Crippen LogP contribution in [-0.4, -0.2) is 17.6 Å². The van der Waals surface area contributed by atoms with E-state index >= 15 is 0 Å². The number of aliphatic hydroxyl groups is 1. The minimum absolute atomic E-state index is 0.0133. The first-order valence-electron chi connectivity index (χ1n) is 6.84. The summed E-state index contributed by atoms with van der Waals surface area (Å²) in [6.45, 7) is 1.86. The monoisotopic (exact) mass is 303 g/mol. The van der Waals surface area contributed by atoms with Gasteiger partial charge < -0.3 is 10.4 Å². The van der Waals surface area contributed by atoms with E-state index in [0.29, 0.717) is 17.0 Å². The summed E-state index contributed by atoms with van der Waals surface area (Å²) in [5.74, 6) is -0.161. The number of nitrogens with one attached hydrogen (secondary N) is 1. The summed E-state index contributed by atoms with van der Waals surface area (Å²) in [4.78, 5) is 12.4. The summed E-state index contributed by atoms with van der Waals surface area (Å²) in [6.07, 6.45) is 0.475. The largest absolute Gasteiger partial charge is 0.396 e. The van der Waals surface area contributed by atoms with Crippen molar-refractivity contribution in [3.8, 4) is 0 Å². The first-order valence-corrected chi connectivity index (χ1v) is 7.22. The second kappa shape index (κ2) is 7.25. The van der Waals surface area contributed by atoms with E-state index in [4.69, 9.17) is 11.6 Å². The highest BCUT2D eigenvalue weighted by Crippen LogP contribution is 2.19. The van der Waals surface area contributed by atoms with Gasteiger partial charge in [0.2, 0.25) is 0 Å². The first-order chi connectivity index (χ1) is 10.1. The van der Waals surface area contributed by atoms with Gasteiger partial charge in [-0.15, -0.1) is 0 Å². The highest BCUT2D eigenvalue weighted by molar-refractivity contribution is 6.30. The lowest BCUT2D eigenvalue weighted by atomic mass is 10.0. The molecule has 0 fully saturated rings. The molecule has 1 unspecified atom stereocenters. The molecule has 2 aromatic carbocycles. The molecule has 0 aliphatic heterocycles. The SMILES string of the molecule is Cc1cc(Cl)ccc1C(=O)NC(CCO)c1ccccc1. The van der Waals surface area contributed by atoms with E-state index in [-0.39, 0.29) is 18.6 Å². The predicted octanol–water partition coefficient (Wildman–Crippen LogP) is 3.50. The van der Waals surface area contributed by atoms with Crippen LogP contribution in [0, 0.1) is 6.92 Å². The Morgan fingerprint density at radius 2 is 1.95 bits per heavy atom. The van der Waals surface area contributed by atoms with Crippen molar-refractivity contribution in [2.24, 2.45) is 0 Å². The maximum atomic E-state index is 12.4. The van der Waals surface area contributed by atoms with Crippen molar-refractivity contribution < 1.29 is 9.90 Å². The molecule has 1 amide bonds. The van der Waals surface area contributed by atoms with Crippen LogP contribution in [0.15, 0.2) is 48.5 Å². The summed E-state index contributed by atoms with van der Waals surface area (Å²) >= 11 is 5.91. The fraction of sp³-hybridized carbons (Fsp3) is 0.235. The smallest absolute Gasteiger partial charge is 0.252 e. The highest BCUT2D eigenvalue weighted by atomic mass is 35.5. The zero-order chi connectivity index (χ0) is 15.2. The minimum atomic E-state index is -0.209. The second-order valence-corrected chi connectivity index (χ2v) is 5.34. The lowest BCUT2D eigenvalue weighted by Gasteiger charge is -2.19. The zero-order valence-corrected chi connectivity index (χ0v) is 12.6. The first kappa shape index (κ1) is 15.5. The van der Waals surface area contributed by atoms with Crippen LogP contribution in [-0.2, 0) is 0 Å². The van der Waals surface area contributed by atoms with E-state index in [1.165, 1.54) is 0 Å². The van der Waals surface area contributed by atoms with Crippen molar-refractivity contribution in [3.05, 3.63) is 70.2 Å². The van der Waals surface area contributed by atoms with Gasteiger partial charge in [0, 0.05) is 17.2 Å². The Kier molecular flexibility index (Phi) is 5.37. The average molecular weight is 304 g/mol. The lowest BCUT2D eigenvalue weighted by molar-refractivity contribution is 0.0929. The molecule has 0 aromatic heterocycles. The maximum absolute atomic E-state index is 12.4. The number of benzene rings is 2. The molecule has 1 atom stereocenters. The van der Waals surface area contributed by atoms with Crippen LogP contribution >= 0.6 is 11.6 Å². The summed E-state index contributed by atoms with van der Waals surface area (Å²) in [5, 5.41) is 12.8. The molecular formula is C17H18ClNO2. The molecular weight excluding hydrogens is 286 g/mol. The molecule has 0 saturated carbocycles. The third kappa shape index (κ3) is 4.06. The maximum Gasteiger partial charge on any atom is 0.252 e. The van der Waals surface area contributed by atoms with Gasteiger partial charge in [0.25, 0.3) is 5.91 Å². The number of carbonyl (C=O) groups excluding carboxylic acids is 1. The van der Waals surface area contributed by atoms with Gasteiger partial charge in [0.15, 0.2) is 0 Å². The van der Waals surface area contributed by atoms with Crippen LogP contribution in [0.2, 0.25) is 5.02 Å². The minimum Gasteiger partial charge on any atom is -0.396 e. The Labute approximate surface area is 129 Å². The summed E-state index contributed by atoms with van der Waals surface area (Å²) in [6, 6.07) is 14.6. The normalized spacial score (nSPS) is 12.0. The number of aliphatic hydroxyl groups excluding tert-OH is 1. The molecule has 2 rings (SSSR count). The van der Waals surface area contributed by atoms with Gasteiger partial charge in [0.05, 0.1) is 6.04 Å². The van der Waals surface area contributed by atoms with Gasteiger partial charge in [-0.3, -0.25) is 4.79 Å². The average Bonchev–Trinajstić information content (AvgIpc) is 2.47. The summed E-state index contributed by atoms with van der Waals surface area (Å²) < 4.78 is 0. The molecule has 2 aromatic rings. The lowest BCUT2D eigenvalue weighted by Crippen LogP contribution is -2.29. The van der Waals surface area contributed by atoms with Crippen LogP contribution in [0.4, 0.5) is 0 Å². The molecule has 0 bridgehead atoms. The fourth-order valence-electron chi connectivity index (χ4n) is 2.25. The molecule has 0 saturated heterocycles. The highest BCUT2D eigenvalue weighted by Gasteiger charge is 2.16. The number of hydrogen-bond donors (Lipinski definition) is 2. The van der Waals surface area contributed by atoms with E-state index in [1.54, 1.807) is 18.2 Å². The van der Waals surface area contributed by atoms with Crippen molar-refractivity contribution in [2.45, 2.75) is 19.4 Å². The number of hydrogen-bond acceptors (Lipinski definition) is 2. The number of halogens is 1. The molecule has 0 aliphatic rings. The third-order valence-electron chi connectivity index (χ3n) is 3.36. The number of carbonyl (C=O) groups is 1. The number of rotatable bonds is 5. The molecule has 0 spiro atoms. The van der Waals surface area contributed by atoms with Crippen LogP contribution in [0.5, 0.6) is 0 Å². The van der Waals surface area contributed by atoms with Gasteiger partial charge in [-0.25, -0.2) is 0 Å². The standard InChI is InChI=1S/C17H18ClNO2/c1-12-11-14(18)7-8-15(12)17(21)19-16(9-10-20)13-5-3-2-4-6-13/h2-8,11,16,20H,9-10H2,1H3,(H,19,21). The molecule has 3 nitrogen and oxygen atoms in total. The summed E-state index contributed by atoms with van der Waals surface area (Å²) in [5.41, 5.74) is 2.40. The molecule has 2 N–H and O–H groups in total. The quantitative estimate of drug-likeness (QED) is 0.888. The number of amides is 1. The van der Waals surface area contributed by atoms with Crippen LogP contribution < -0.4 is 5.32 Å². The Bertz CT molecular complexity index is 613. The van der Waals surface area contributed by atoms with E-state index < -0.39 is 0 Å².